The van der Waals surface area contributed by atoms with Gasteiger partial charge in [0.25, 0.3) is 5.91 Å². The number of aliphatic carboxylic acids is 1. The molecule has 1 aliphatic rings. The zero-order chi connectivity index (χ0) is 18.4. The Morgan fingerprint density at radius 2 is 1.65 bits per heavy atom. The van der Waals surface area contributed by atoms with Crippen LogP contribution in [0, 0.1) is 5.92 Å². The largest absolute Gasteiger partial charge is 0.489 e. The predicted molar refractivity (Wildman–Crippen MR) is 98.1 cm³/mol. The van der Waals surface area contributed by atoms with Gasteiger partial charge >= 0.3 is 5.97 Å². The Labute approximate surface area is 153 Å². The highest BCUT2D eigenvalue weighted by Gasteiger charge is 2.24. The van der Waals surface area contributed by atoms with Crippen LogP contribution in [0.4, 0.5) is 0 Å². The molecule has 0 radical (unpaired) electrons. The Kier molecular flexibility index (Phi) is 5.89. The molecule has 1 N–H and O–H groups in total. The molecule has 0 saturated carbocycles. The Morgan fingerprint density at radius 1 is 1.00 bits per heavy atom. The van der Waals surface area contributed by atoms with Crippen molar-refractivity contribution in [3.05, 3.63) is 65.7 Å². The van der Waals surface area contributed by atoms with Gasteiger partial charge in [0.1, 0.15) is 12.4 Å². The molecule has 5 heteroatoms. The summed E-state index contributed by atoms with van der Waals surface area (Å²) in [6.45, 7) is 1.72. The fourth-order valence-corrected chi connectivity index (χ4v) is 3.20. The number of carboxylic acids is 1. The summed E-state index contributed by atoms with van der Waals surface area (Å²) in [5.41, 5.74) is 1.73. The second-order valence-electron chi connectivity index (χ2n) is 6.63. The number of carbonyl (C=O) groups is 2. The lowest BCUT2D eigenvalue weighted by molar-refractivity contribution is -0.138. The zero-order valence-electron chi connectivity index (χ0n) is 14.6. The van der Waals surface area contributed by atoms with E-state index >= 15 is 0 Å². The summed E-state index contributed by atoms with van der Waals surface area (Å²) in [5, 5.41) is 8.87. The van der Waals surface area contributed by atoms with Gasteiger partial charge < -0.3 is 14.7 Å². The van der Waals surface area contributed by atoms with Gasteiger partial charge in [-0.1, -0.05) is 30.3 Å². The molecule has 2 aromatic carbocycles. The number of ether oxygens (including phenoxy) is 1. The van der Waals surface area contributed by atoms with E-state index in [0.29, 0.717) is 25.3 Å². The summed E-state index contributed by atoms with van der Waals surface area (Å²) < 4.78 is 5.74. The molecular formula is C21H23NO4. The van der Waals surface area contributed by atoms with E-state index in [1.165, 1.54) is 0 Å². The van der Waals surface area contributed by atoms with Gasteiger partial charge in [-0.05, 0) is 48.6 Å². The van der Waals surface area contributed by atoms with Crippen molar-refractivity contribution in [1.82, 2.24) is 4.90 Å². The smallest absolute Gasteiger partial charge is 0.303 e. The fourth-order valence-electron chi connectivity index (χ4n) is 3.20. The minimum absolute atomic E-state index is 0.00613. The van der Waals surface area contributed by atoms with Crippen LogP contribution in [-0.2, 0) is 11.4 Å². The molecule has 2 aromatic rings. The summed E-state index contributed by atoms with van der Waals surface area (Å²) >= 11 is 0. The molecule has 0 aromatic heterocycles. The first kappa shape index (κ1) is 18.0. The minimum Gasteiger partial charge on any atom is -0.489 e. The molecule has 0 bridgehead atoms. The summed E-state index contributed by atoms with van der Waals surface area (Å²) in [6, 6.07) is 17.1. The predicted octanol–water partition coefficient (Wildman–Crippen LogP) is 3.59. The number of hydrogen-bond donors (Lipinski definition) is 1. The highest BCUT2D eigenvalue weighted by atomic mass is 16.5. The average Bonchev–Trinajstić information content (AvgIpc) is 2.67. The van der Waals surface area contributed by atoms with E-state index in [9.17, 15) is 9.59 Å². The normalized spacial score (nSPS) is 14.8. The van der Waals surface area contributed by atoms with Crippen molar-refractivity contribution in [1.29, 1.82) is 0 Å². The third-order valence-electron chi connectivity index (χ3n) is 4.71. The van der Waals surface area contributed by atoms with Gasteiger partial charge in [0.2, 0.25) is 0 Å². The number of carbonyl (C=O) groups excluding carboxylic acids is 1. The standard InChI is InChI=1S/C21H23NO4/c23-20(24)14-16-10-12-22(13-11-16)21(25)18-6-8-19(9-7-18)26-15-17-4-2-1-3-5-17/h1-9,16H,10-15H2,(H,23,24). The van der Waals surface area contributed by atoms with Gasteiger partial charge in [-0.3, -0.25) is 9.59 Å². The number of piperidine rings is 1. The first-order chi connectivity index (χ1) is 12.6. The van der Waals surface area contributed by atoms with Crippen LogP contribution in [0.15, 0.2) is 54.6 Å². The molecule has 1 fully saturated rings. The molecule has 1 aliphatic heterocycles. The monoisotopic (exact) mass is 353 g/mol. The van der Waals surface area contributed by atoms with Crippen molar-refractivity contribution in [2.75, 3.05) is 13.1 Å². The van der Waals surface area contributed by atoms with Crippen LogP contribution >= 0.6 is 0 Å². The van der Waals surface area contributed by atoms with Gasteiger partial charge in [0, 0.05) is 25.1 Å². The third kappa shape index (κ3) is 4.85. The first-order valence-electron chi connectivity index (χ1n) is 8.89. The topological polar surface area (TPSA) is 66.8 Å². The molecule has 0 aliphatic carbocycles. The van der Waals surface area contributed by atoms with Crippen LogP contribution in [0.5, 0.6) is 5.75 Å². The van der Waals surface area contributed by atoms with Crippen LogP contribution in [0.1, 0.15) is 35.2 Å². The molecule has 0 unspecified atom stereocenters. The van der Waals surface area contributed by atoms with Crippen LogP contribution in [0.3, 0.4) is 0 Å². The number of nitrogens with zero attached hydrogens (tertiary/aromatic N) is 1. The van der Waals surface area contributed by atoms with E-state index < -0.39 is 5.97 Å². The second-order valence-corrected chi connectivity index (χ2v) is 6.63. The summed E-state index contributed by atoms with van der Waals surface area (Å²) in [6.07, 6.45) is 1.68. The second kappa shape index (κ2) is 8.52. The highest BCUT2D eigenvalue weighted by molar-refractivity contribution is 5.94. The van der Waals surface area contributed by atoms with Crippen molar-refractivity contribution < 1.29 is 19.4 Å². The number of rotatable bonds is 6. The SMILES string of the molecule is O=C(O)CC1CCN(C(=O)c2ccc(OCc3ccccc3)cc2)CC1. The Morgan fingerprint density at radius 3 is 2.27 bits per heavy atom. The molecule has 1 heterocycles. The molecule has 136 valence electrons. The number of likely N-dealkylation sites (tertiary alicyclic amines) is 1. The number of hydrogen-bond acceptors (Lipinski definition) is 3. The minimum atomic E-state index is -0.763. The molecule has 3 rings (SSSR count). The number of carboxylic acid groups (broad SMARTS) is 1. The van der Waals surface area contributed by atoms with Crippen molar-refractivity contribution in [3.8, 4) is 5.75 Å². The van der Waals surface area contributed by atoms with E-state index in [1.807, 2.05) is 42.5 Å². The summed E-state index contributed by atoms with van der Waals surface area (Å²) in [7, 11) is 0. The molecule has 0 atom stereocenters. The lowest BCUT2D eigenvalue weighted by atomic mass is 9.93. The molecular weight excluding hydrogens is 330 g/mol. The van der Waals surface area contributed by atoms with Crippen molar-refractivity contribution in [3.63, 3.8) is 0 Å². The van der Waals surface area contributed by atoms with Gasteiger partial charge in [-0.25, -0.2) is 0 Å². The molecule has 1 amide bonds. The van der Waals surface area contributed by atoms with Crippen LogP contribution in [-0.4, -0.2) is 35.0 Å². The lowest BCUT2D eigenvalue weighted by Gasteiger charge is -2.31. The van der Waals surface area contributed by atoms with Crippen molar-refractivity contribution >= 4 is 11.9 Å². The maximum atomic E-state index is 12.6. The van der Waals surface area contributed by atoms with Crippen molar-refractivity contribution in [2.24, 2.45) is 5.92 Å². The molecule has 1 saturated heterocycles. The summed E-state index contributed by atoms with van der Waals surface area (Å²) in [5.74, 6) is 0.130. The lowest BCUT2D eigenvalue weighted by Crippen LogP contribution is -2.38. The maximum absolute atomic E-state index is 12.6. The average molecular weight is 353 g/mol. The van der Waals surface area contributed by atoms with Gasteiger partial charge in [0.15, 0.2) is 0 Å². The number of benzene rings is 2. The maximum Gasteiger partial charge on any atom is 0.303 e. The van der Waals surface area contributed by atoms with Crippen LogP contribution in [0.2, 0.25) is 0 Å². The number of amides is 1. The van der Waals surface area contributed by atoms with Gasteiger partial charge in [0.05, 0.1) is 0 Å². The zero-order valence-corrected chi connectivity index (χ0v) is 14.6. The fraction of sp³-hybridized carbons (Fsp3) is 0.333. The van der Waals surface area contributed by atoms with E-state index in [1.54, 1.807) is 17.0 Å². The molecule has 5 nitrogen and oxygen atoms in total. The Hall–Kier alpha value is -2.82. The van der Waals surface area contributed by atoms with E-state index in [-0.39, 0.29) is 18.2 Å². The van der Waals surface area contributed by atoms with Crippen LogP contribution < -0.4 is 4.74 Å². The van der Waals surface area contributed by atoms with E-state index in [0.717, 1.165) is 24.2 Å². The van der Waals surface area contributed by atoms with E-state index in [4.69, 9.17) is 9.84 Å². The Balaban J connectivity index is 1.52. The highest BCUT2D eigenvalue weighted by Crippen LogP contribution is 2.22. The quantitative estimate of drug-likeness (QED) is 0.862. The first-order valence-corrected chi connectivity index (χ1v) is 8.89. The van der Waals surface area contributed by atoms with E-state index in [2.05, 4.69) is 0 Å². The summed E-state index contributed by atoms with van der Waals surface area (Å²) in [4.78, 5) is 25.2. The Bertz CT molecular complexity index is 734. The molecule has 26 heavy (non-hydrogen) atoms. The third-order valence-corrected chi connectivity index (χ3v) is 4.71. The van der Waals surface area contributed by atoms with Crippen molar-refractivity contribution in [2.45, 2.75) is 25.9 Å². The van der Waals surface area contributed by atoms with Gasteiger partial charge in [-0.15, -0.1) is 0 Å². The molecule has 0 spiro atoms. The van der Waals surface area contributed by atoms with Gasteiger partial charge in [-0.2, -0.15) is 0 Å². The van der Waals surface area contributed by atoms with Crippen LogP contribution in [0.25, 0.3) is 0 Å².